The Morgan fingerprint density at radius 2 is 1.61 bits per heavy atom. The van der Waals surface area contributed by atoms with Crippen LogP contribution in [0.2, 0.25) is 0 Å². The summed E-state index contributed by atoms with van der Waals surface area (Å²) < 4.78 is 35.1. The first kappa shape index (κ1) is 27.8. The average molecular weight is 599 g/mol. The van der Waals surface area contributed by atoms with Crippen LogP contribution in [0, 0.1) is 5.41 Å². The Bertz CT molecular complexity index is 1160. The van der Waals surface area contributed by atoms with Crippen LogP contribution in [-0.2, 0) is 41.6 Å². The molecule has 2 fully saturated rings. The minimum Gasteiger partial charge on any atom is -0.445 e. The highest BCUT2D eigenvalue weighted by molar-refractivity contribution is 7.09. The van der Waals surface area contributed by atoms with Gasteiger partial charge in [0.15, 0.2) is 6.29 Å². The van der Waals surface area contributed by atoms with E-state index in [2.05, 4.69) is 0 Å². The van der Waals surface area contributed by atoms with Gasteiger partial charge in [-0.1, -0.05) is 102 Å². The molecule has 5 rings (SSSR count). The van der Waals surface area contributed by atoms with E-state index >= 15 is 0 Å². The molecule has 202 valence electrons. The Hall–Kier alpha value is -1.72. The number of halogens is 3. The lowest BCUT2D eigenvalue weighted by molar-refractivity contribution is -0.363. The van der Waals surface area contributed by atoms with Crippen molar-refractivity contribution < 1.29 is 28.4 Å². The van der Waals surface area contributed by atoms with Gasteiger partial charge >= 0.3 is 0 Å². The molecule has 0 radical (unpaired) electrons. The van der Waals surface area contributed by atoms with Gasteiger partial charge in [0.2, 0.25) is 12.2 Å². The van der Waals surface area contributed by atoms with Gasteiger partial charge in [0.1, 0.15) is 24.4 Å². The largest absolute Gasteiger partial charge is 0.445 e. The van der Waals surface area contributed by atoms with Crippen LogP contribution in [0.25, 0.3) is 0 Å². The molecule has 1 N–H and O–H groups in total. The topological polar surface area (TPSA) is 79.2 Å². The molecule has 0 saturated carbocycles. The van der Waals surface area contributed by atoms with Crippen molar-refractivity contribution in [3.05, 3.63) is 94.2 Å². The average Bonchev–Trinajstić information content (AvgIpc) is 3.45. The van der Waals surface area contributed by atoms with E-state index < -0.39 is 46.7 Å². The van der Waals surface area contributed by atoms with Crippen LogP contribution in [-0.4, -0.2) is 47.0 Å². The van der Waals surface area contributed by atoms with Crippen molar-refractivity contribution in [3.8, 4) is 0 Å². The molecular formula is C27H26Cl3NO6S. The van der Waals surface area contributed by atoms with Crippen LogP contribution in [0.1, 0.15) is 22.3 Å². The third-order valence-electron chi connectivity index (χ3n) is 6.13. The highest BCUT2D eigenvalue weighted by Gasteiger charge is 2.53. The van der Waals surface area contributed by atoms with Gasteiger partial charge in [-0.15, -0.1) is 11.3 Å². The van der Waals surface area contributed by atoms with Gasteiger partial charge in [0, 0.05) is 10.4 Å². The van der Waals surface area contributed by atoms with Gasteiger partial charge in [-0.2, -0.15) is 0 Å². The third-order valence-corrected chi connectivity index (χ3v) is 7.50. The van der Waals surface area contributed by atoms with Crippen molar-refractivity contribution in [1.29, 1.82) is 5.41 Å². The van der Waals surface area contributed by atoms with Gasteiger partial charge in [0.05, 0.1) is 19.8 Å². The molecule has 7 nitrogen and oxygen atoms in total. The molecule has 2 aliphatic rings. The number of thiophene rings is 1. The summed E-state index contributed by atoms with van der Waals surface area (Å²) in [5, 5.41) is 10.1. The monoisotopic (exact) mass is 597 g/mol. The van der Waals surface area contributed by atoms with E-state index in [0.717, 1.165) is 16.0 Å². The molecule has 11 heteroatoms. The number of hydrogen-bond acceptors (Lipinski definition) is 8. The van der Waals surface area contributed by atoms with Crippen LogP contribution in [0.5, 0.6) is 0 Å². The van der Waals surface area contributed by atoms with E-state index in [-0.39, 0.29) is 13.2 Å². The van der Waals surface area contributed by atoms with Crippen LogP contribution < -0.4 is 0 Å². The maximum absolute atomic E-state index is 8.16. The number of benzene rings is 2. The lowest BCUT2D eigenvalue weighted by Gasteiger charge is -2.48. The summed E-state index contributed by atoms with van der Waals surface area (Å²) in [6.45, 7) is 0.768. The predicted octanol–water partition coefficient (Wildman–Crippen LogP) is 6.42. The first-order chi connectivity index (χ1) is 18.4. The summed E-state index contributed by atoms with van der Waals surface area (Å²) in [5.74, 6) is -0.586. The lowest BCUT2D eigenvalue weighted by Crippen LogP contribution is -2.64. The van der Waals surface area contributed by atoms with Crippen LogP contribution in [0.4, 0.5) is 0 Å². The molecule has 2 aliphatic heterocycles. The van der Waals surface area contributed by atoms with Crippen molar-refractivity contribution in [2.24, 2.45) is 0 Å². The first-order valence-corrected chi connectivity index (χ1v) is 14.0. The third kappa shape index (κ3) is 6.88. The second-order valence-electron chi connectivity index (χ2n) is 8.78. The van der Waals surface area contributed by atoms with E-state index in [1.807, 2.05) is 78.2 Å². The Kier molecular flexibility index (Phi) is 9.25. The molecular weight excluding hydrogens is 573 g/mol. The zero-order valence-electron chi connectivity index (χ0n) is 20.1. The van der Waals surface area contributed by atoms with Crippen molar-refractivity contribution in [2.75, 3.05) is 6.61 Å². The molecule has 38 heavy (non-hydrogen) atoms. The molecule has 0 amide bonds. The molecule has 3 aromatic rings. The summed E-state index contributed by atoms with van der Waals surface area (Å²) in [7, 11) is 0. The molecule has 0 spiro atoms. The SMILES string of the molecule is N=C(OC1O[C@@H]2COC(c3ccccc3)O[C@H]2[C@H](OCc2ccccc2)[C@H]1OCc1cccs1)C(Cl)(Cl)Cl. The Morgan fingerprint density at radius 3 is 2.29 bits per heavy atom. The second-order valence-corrected chi connectivity index (χ2v) is 12.1. The maximum Gasteiger partial charge on any atom is 0.265 e. The smallest absolute Gasteiger partial charge is 0.265 e. The van der Waals surface area contributed by atoms with Crippen LogP contribution in [0.15, 0.2) is 78.2 Å². The quantitative estimate of drug-likeness (QED) is 0.183. The fraction of sp³-hybridized carbons (Fsp3) is 0.370. The molecule has 2 saturated heterocycles. The van der Waals surface area contributed by atoms with E-state index in [1.165, 1.54) is 0 Å². The predicted molar refractivity (Wildman–Crippen MR) is 146 cm³/mol. The first-order valence-electron chi connectivity index (χ1n) is 12.0. The number of alkyl halides is 3. The fourth-order valence-corrected chi connectivity index (χ4v) is 5.07. The van der Waals surface area contributed by atoms with Crippen molar-refractivity contribution in [3.63, 3.8) is 0 Å². The summed E-state index contributed by atoms with van der Waals surface area (Å²) in [4.78, 5) is 0.999. The van der Waals surface area contributed by atoms with Crippen LogP contribution >= 0.6 is 46.1 Å². The summed E-state index contributed by atoms with van der Waals surface area (Å²) in [5.41, 5.74) is 1.85. The van der Waals surface area contributed by atoms with Crippen molar-refractivity contribution in [2.45, 2.75) is 54.0 Å². The highest BCUT2D eigenvalue weighted by atomic mass is 35.6. The number of hydrogen-bond donors (Lipinski definition) is 1. The normalized spacial score (nSPS) is 27.4. The molecule has 3 heterocycles. The lowest BCUT2D eigenvalue weighted by atomic mass is 9.97. The number of fused-ring (bicyclic) bond motifs is 1. The van der Waals surface area contributed by atoms with E-state index in [9.17, 15) is 0 Å². The molecule has 6 atom stereocenters. The zero-order chi connectivity index (χ0) is 26.5. The van der Waals surface area contributed by atoms with E-state index in [4.69, 9.17) is 68.6 Å². The van der Waals surface area contributed by atoms with E-state index in [1.54, 1.807) is 11.3 Å². The van der Waals surface area contributed by atoms with Gasteiger partial charge in [-0.05, 0) is 17.0 Å². The molecule has 1 aromatic heterocycles. The van der Waals surface area contributed by atoms with E-state index in [0.29, 0.717) is 6.61 Å². The van der Waals surface area contributed by atoms with Gasteiger partial charge in [-0.3, -0.25) is 5.41 Å². The van der Waals surface area contributed by atoms with Gasteiger partial charge < -0.3 is 28.4 Å². The minimum atomic E-state index is -2.07. The minimum absolute atomic E-state index is 0.202. The summed E-state index contributed by atoms with van der Waals surface area (Å²) in [6.07, 6.45) is -4.33. The standard InChI is InChI=1S/C27H26Cl3NO6S/c28-27(29,30)26(31)37-25-23(33-15-19-12-7-13-38-19)22(32-14-17-8-3-1-4-9-17)21-20(35-25)16-34-24(36-21)18-10-5-2-6-11-18/h1-13,20-25,31H,14-16H2/t20-,21-,22+,23-,24?,25?/m1/s1. The number of rotatable bonds is 8. The number of nitrogens with one attached hydrogen (secondary N) is 1. The maximum atomic E-state index is 8.16. The van der Waals surface area contributed by atoms with Crippen molar-refractivity contribution >= 4 is 52.0 Å². The van der Waals surface area contributed by atoms with Crippen LogP contribution in [0.3, 0.4) is 0 Å². The summed E-state index contributed by atoms with van der Waals surface area (Å²) >= 11 is 19.3. The zero-order valence-corrected chi connectivity index (χ0v) is 23.2. The highest BCUT2D eigenvalue weighted by Crippen LogP contribution is 2.38. The Labute approximate surface area is 239 Å². The number of ether oxygens (including phenoxy) is 6. The van der Waals surface area contributed by atoms with Gasteiger partial charge in [-0.25, -0.2) is 0 Å². The molecule has 2 unspecified atom stereocenters. The Morgan fingerprint density at radius 1 is 0.895 bits per heavy atom. The summed E-state index contributed by atoms with van der Waals surface area (Å²) in [6, 6.07) is 23.3. The Balaban J connectivity index is 1.43. The molecule has 2 aromatic carbocycles. The van der Waals surface area contributed by atoms with Gasteiger partial charge in [0.25, 0.3) is 3.79 Å². The fourth-order valence-electron chi connectivity index (χ4n) is 4.31. The molecule has 0 bridgehead atoms. The van der Waals surface area contributed by atoms with Crippen molar-refractivity contribution in [1.82, 2.24) is 0 Å². The second kappa shape index (κ2) is 12.6. The molecule has 0 aliphatic carbocycles.